The van der Waals surface area contributed by atoms with E-state index < -0.39 is 10.0 Å². The number of carbonyl (C=O) groups is 1. The van der Waals surface area contributed by atoms with Crippen molar-refractivity contribution in [2.24, 2.45) is 0 Å². The van der Waals surface area contributed by atoms with E-state index in [9.17, 15) is 13.2 Å². The van der Waals surface area contributed by atoms with E-state index in [2.05, 4.69) is 5.32 Å². The molecule has 2 aromatic carbocycles. The van der Waals surface area contributed by atoms with Crippen molar-refractivity contribution in [3.05, 3.63) is 59.1 Å². The minimum atomic E-state index is -3.46. The van der Waals surface area contributed by atoms with Gasteiger partial charge in [0.25, 0.3) is 0 Å². The molecule has 0 unspecified atom stereocenters. The lowest BCUT2D eigenvalue weighted by Crippen LogP contribution is -2.30. The van der Waals surface area contributed by atoms with E-state index in [0.29, 0.717) is 49.9 Å². The Hall–Kier alpha value is -2.09. The molecule has 0 spiro atoms. The minimum Gasteiger partial charge on any atom is -0.492 e. The highest BCUT2D eigenvalue weighted by atomic mass is 35.5. The highest BCUT2D eigenvalue weighted by Crippen LogP contribution is 2.17. The zero-order chi connectivity index (χ0) is 21.3. The molecule has 8 heteroatoms. The van der Waals surface area contributed by atoms with E-state index in [-0.39, 0.29) is 10.8 Å². The van der Waals surface area contributed by atoms with E-state index >= 15 is 0 Å². The molecule has 1 amide bonds. The van der Waals surface area contributed by atoms with E-state index in [0.717, 1.165) is 5.56 Å². The summed E-state index contributed by atoms with van der Waals surface area (Å²) in [5.41, 5.74) is 0.913. The average molecular weight is 439 g/mol. The number of amides is 1. The summed E-state index contributed by atoms with van der Waals surface area (Å²) >= 11 is 5.81. The third-order valence-electron chi connectivity index (χ3n) is 4.41. The zero-order valence-corrected chi connectivity index (χ0v) is 18.3. The van der Waals surface area contributed by atoms with Crippen molar-refractivity contribution < 1.29 is 17.9 Å². The van der Waals surface area contributed by atoms with E-state index in [4.69, 9.17) is 16.3 Å². The first-order valence-corrected chi connectivity index (χ1v) is 11.4. The minimum absolute atomic E-state index is 0.0791. The molecule has 0 atom stereocenters. The fourth-order valence-corrected chi connectivity index (χ4v) is 4.36. The molecule has 2 aromatic rings. The quantitative estimate of drug-likeness (QED) is 0.545. The molecule has 0 saturated carbocycles. The van der Waals surface area contributed by atoms with Crippen molar-refractivity contribution in [2.75, 3.05) is 26.2 Å². The van der Waals surface area contributed by atoms with Gasteiger partial charge in [0.1, 0.15) is 12.4 Å². The second-order valence-corrected chi connectivity index (χ2v) is 8.76. The molecular formula is C21H27ClN2O4S. The Labute approximate surface area is 177 Å². The van der Waals surface area contributed by atoms with Gasteiger partial charge in [-0.3, -0.25) is 4.79 Å². The van der Waals surface area contributed by atoms with Crippen molar-refractivity contribution in [1.82, 2.24) is 9.62 Å². The molecule has 1 N–H and O–H groups in total. The molecule has 0 fully saturated rings. The first-order chi connectivity index (χ1) is 13.9. The van der Waals surface area contributed by atoms with Crippen molar-refractivity contribution in [1.29, 1.82) is 0 Å². The molecule has 0 aromatic heterocycles. The van der Waals surface area contributed by atoms with Crippen molar-refractivity contribution in [3.63, 3.8) is 0 Å². The van der Waals surface area contributed by atoms with Crippen molar-refractivity contribution in [2.45, 2.75) is 31.6 Å². The molecule has 2 rings (SSSR count). The normalized spacial score (nSPS) is 11.4. The lowest BCUT2D eigenvalue weighted by atomic mass is 10.1. The third kappa shape index (κ3) is 7.03. The number of hydrogen-bond acceptors (Lipinski definition) is 4. The highest BCUT2D eigenvalue weighted by molar-refractivity contribution is 7.89. The van der Waals surface area contributed by atoms with Crippen LogP contribution in [0, 0.1) is 0 Å². The summed E-state index contributed by atoms with van der Waals surface area (Å²) < 4.78 is 31.9. The predicted octanol–water partition coefficient (Wildman–Crippen LogP) is 3.50. The van der Waals surface area contributed by atoms with Crippen LogP contribution in [0.4, 0.5) is 0 Å². The molecule has 29 heavy (non-hydrogen) atoms. The standard InChI is InChI=1S/C21H27ClN2O4S/c1-3-24(4-2)29(26,27)20-12-5-17(6-13-20)7-14-21(25)23-15-16-28-19-10-8-18(22)9-11-19/h5-6,8-13H,3-4,7,14-16H2,1-2H3,(H,23,25). The van der Waals surface area contributed by atoms with Crippen LogP contribution in [0.15, 0.2) is 53.4 Å². The smallest absolute Gasteiger partial charge is 0.243 e. The molecular weight excluding hydrogens is 412 g/mol. The summed E-state index contributed by atoms with van der Waals surface area (Å²) in [5, 5.41) is 3.45. The SMILES string of the molecule is CCN(CC)S(=O)(=O)c1ccc(CCC(=O)NCCOc2ccc(Cl)cc2)cc1. The summed E-state index contributed by atoms with van der Waals surface area (Å²) in [4.78, 5) is 12.3. The second-order valence-electron chi connectivity index (χ2n) is 6.39. The molecule has 0 aliphatic rings. The number of ether oxygens (including phenoxy) is 1. The Morgan fingerprint density at radius 3 is 2.24 bits per heavy atom. The van der Waals surface area contributed by atoms with Gasteiger partial charge < -0.3 is 10.1 Å². The van der Waals surface area contributed by atoms with Gasteiger partial charge in [-0.2, -0.15) is 4.31 Å². The number of nitrogens with zero attached hydrogens (tertiary/aromatic N) is 1. The molecule has 6 nitrogen and oxygen atoms in total. The highest BCUT2D eigenvalue weighted by Gasteiger charge is 2.21. The molecule has 0 aliphatic carbocycles. The number of sulfonamides is 1. The molecule has 0 saturated heterocycles. The Morgan fingerprint density at radius 1 is 1.03 bits per heavy atom. The zero-order valence-electron chi connectivity index (χ0n) is 16.7. The maximum atomic E-state index is 12.5. The number of hydrogen-bond donors (Lipinski definition) is 1. The summed E-state index contributed by atoms with van der Waals surface area (Å²) in [5.74, 6) is 0.618. The third-order valence-corrected chi connectivity index (χ3v) is 6.73. The average Bonchev–Trinajstić information content (AvgIpc) is 2.72. The lowest BCUT2D eigenvalue weighted by molar-refractivity contribution is -0.121. The van der Waals surface area contributed by atoms with Crippen molar-refractivity contribution in [3.8, 4) is 5.75 Å². The largest absolute Gasteiger partial charge is 0.492 e. The maximum Gasteiger partial charge on any atom is 0.243 e. The van der Waals surface area contributed by atoms with Crippen LogP contribution >= 0.6 is 11.6 Å². The van der Waals surface area contributed by atoms with Gasteiger partial charge in [0.2, 0.25) is 15.9 Å². The maximum absolute atomic E-state index is 12.5. The van der Waals surface area contributed by atoms with Crippen LogP contribution in [-0.4, -0.2) is 44.9 Å². The second kappa shape index (κ2) is 11.2. The van der Waals surface area contributed by atoms with Crippen molar-refractivity contribution >= 4 is 27.5 Å². The van der Waals surface area contributed by atoms with E-state index in [1.54, 1.807) is 48.5 Å². The molecule has 0 heterocycles. The number of benzene rings is 2. The first kappa shape index (κ1) is 23.2. The molecule has 0 aliphatic heterocycles. The van der Waals surface area contributed by atoms with Gasteiger partial charge in [0.05, 0.1) is 11.4 Å². The van der Waals surface area contributed by atoms with Gasteiger partial charge in [-0.05, 0) is 48.4 Å². The topological polar surface area (TPSA) is 75.7 Å². The van der Waals surface area contributed by atoms with E-state index in [1.807, 2.05) is 13.8 Å². The lowest BCUT2D eigenvalue weighted by Gasteiger charge is -2.18. The molecule has 0 bridgehead atoms. The monoisotopic (exact) mass is 438 g/mol. The Kier molecular flexibility index (Phi) is 8.95. The Balaban J connectivity index is 1.75. The van der Waals surface area contributed by atoms with E-state index in [1.165, 1.54) is 4.31 Å². The molecule has 0 radical (unpaired) electrons. The summed E-state index contributed by atoms with van der Waals surface area (Å²) in [6.45, 7) is 5.27. The summed E-state index contributed by atoms with van der Waals surface area (Å²) in [6.07, 6.45) is 0.860. The predicted molar refractivity (Wildman–Crippen MR) is 115 cm³/mol. The van der Waals surface area contributed by atoms with Gasteiger partial charge in [-0.1, -0.05) is 37.6 Å². The Bertz CT molecular complexity index is 880. The number of rotatable bonds is 11. The van der Waals surface area contributed by atoms with Crippen LogP contribution in [0.5, 0.6) is 5.75 Å². The van der Waals surface area contributed by atoms with Gasteiger partial charge in [0, 0.05) is 24.5 Å². The number of nitrogens with one attached hydrogen (secondary N) is 1. The number of halogens is 1. The number of aryl methyl sites for hydroxylation is 1. The molecule has 158 valence electrons. The fourth-order valence-electron chi connectivity index (χ4n) is 2.78. The van der Waals surface area contributed by atoms with Gasteiger partial charge >= 0.3 is 0 Å². The van der Waals surface area contributed by atoms with Crippen LogP contribution in [-0.2, 0) is 21.2 Å². The fraction of sp³-hybridized carbons (Fsp3) is 0.381. The van der Waals surface area contributed by atoms with Gasteiger partial charge in [0.15, 0.2) is 0 Å². The van der Waals surface area contributed by atoms with Crippen LogP contribution < -0.4 is 10.1 Å². The van der Waals surface area contributed by atoms with Crippen LogP contribution in [0.1, 0.15) is 25.8 Å². The Morgan fingerprint density at radius 2 is 1.66 bits per heavy atom. The van der Waals surface area contributed by atoms with Crippen LogP contribution in [0.3, 0.4) is 0 Å². The van der Waals surface area contributed by atoms with Crippen LogP contribution in [0.25, 0.3) is 0 Å². The van der Waals surface area contributed by atoms with Gasteiger partial charge in [-0.25, -0.2) is 8.42 Å². The number of carbonyl (C=O) groups excluding carboxylic acids is 1. The summed E-state index contributed by atoms with van der Waals surface area (Å²) in [6, 6.07) is 13.7. The van der Waals surface area contributed by atoms with Gasteiger partial charge in [-0.15, -0.1) is 0 Å². The summed E-state index contributed by atoms with van der Waals surface area (Å²) in [7, 11) is -3.46. The first-order valence-electron chi connectivity index (χ1n) is 9.61. The van der Waals surface area contributed by atoms with Crippen LogP contribution in [0.2, 0.25) is 5.02 Å².